The van der Waals surface area contributed by atoms with E-state index in [2.05, 4.69) is 5.32 Å². The van der Waals surface area contributed by atoms with Crippen LogP contribution in [0.2, 0.25) is 0 Å². The van der Waals surface area contributed by atoms with Crippen molar-refractivity contribution in [1.82, 2.24) is 9.13 Å². The van der Waals surface area contributed by atoms with Crippen molar-refractivity contribution in [2.45, 2.75) is 13.5 Å². The molecule has 0 atom stereocenters. The molecule has 0 saturated carbocycles. The van der Waals surface area contributed by atoms with Crippen molar-refractivity contribution in [3.05, 3.63) is 99.7 Å². The molecule has 0 aliphatic carbocycles. The highest BCUT2D eigenvalue weighted by Gasteiger charge is 2.22. The number of benzene rings is 3. The fourth-order valence-corrected chi connectivity index (χ4v) is 3.95. The Balaban J connectivity index is 1.62. The van der Waals surface area contributed by atoms with Crippen molar-refractivity contribution in [2.75, 3.05) is 11.9 Å². The number of anilines is 1. The van der Waals surface area contributed by atoms with Crippen LogP contribution in [0, 0.1) is 0 Å². The molecular weight excluding hydrogens is 434 g/mol. The van der Waals surface area contributed by atoms with Crippen LogP contribution in [0.1, 0.15) is 6.92 Å². The highest BCUT2D eigenvalue weighted by Crippen LogP contribution is 2.26. The Bertz CT molecular complexity index is 1610. The summed E-state index contributed by atoms with van der Waals surface area (Å²) in [7, 11) is 0. The van der Waals surface area contributed by atoms with E-state index in [4.69, 9.17) is 9.15 Å². The van der Waals surface area contributed by atoms with E-state index in [0.29, 0.717) is 40.2 Å². The highest BCUT2D eigenvalue weighted by atomic mass is 16.5. The van der Waals surface area contributed by atoms with Crippen LogP contribution in [0.4, 0.5) is 5.69 Å². The van der Waals surface area contributed by atoms with Crippen molar-refractivity contribution in [3.8, 4) is 11.4 Å². The Kier molecular flexibility index (Phi) is 5.47. The van der Waals surface area contributed by atoms with Crippen LogP contribution in [0.25, 0.3) is 27.8 Å². The molecule has 34 heavy (non-hydrogen) atoms. The van der Waals surface area contributed by atoms with E-state index in [9.17, 15) is 14.4 Å². The average Bonchev–Trinajstić information content (AvgIpc) is 3.24. The number of nitrogens with one attached hydrogen (secondary N) is 1. The zero-order chi connectivity index (χ0) is 23.7. The van der Waals surface area contributed by atoms with Gasteiger partial charge >= 0.3 is 11.2 Å². The van der Waals surface area contributed by atoms with Gasteiger partial charge in [-0.3, -0.25) is 14.2 Å². The third kappa shape index (κ3) is 3.75. The van der Waals surface area contributed by atoms with Gasteiger partial charge in [0.05, 0.1) is 12.3 Å². The third-order valence-electron chi connectivity index (χ3n) is 5.42. The van der Waals surface area contributed by atoms with Gasteiger partial charge in [-0.1, -0.05) is 30.3 Å². The van der Waals surface area contributed by atoms with E-state index in [1.54, 1.807) is 78.9 Å². The number of rotatable bonds is 6. The van der Waals surface area contributed by atoms with Crippen LogP contribution in [-0.4, -0.2) is 21.6 Å². The van der Waals surface area contributed by atoms with Crippen LogP contribution in [0.5, 0.6) is 5.75 Å². The van der Waals surface area contributed by atoms with Crippen LogP contribution >= 0.6 is 0 Å². The van der Waals surface area contributed by atoms with Gasteiger partial charge in [0.2, 0.25) is 11.5 Å². The number of carbonyl (C=O) groups excluding carboxylic acids is 1. The summed E-state index contributed by atoms with van der Waals surface area (Å²) in [6.07, 6.45) is 0. The van der Waals surface area contributed by atoms with E-state index >= 15 is 0 Å². The summed E-state index contributed by atoms with van der Waals surface area (Å²) in [6.45, 7) is 2.13. The van der Waals surface area contributed by atoms with E-state index < -0.39 is 17.2 Å². The topological polar surface area (TPSA) is 95.5 Å². The van der Waals surface area contributed by atoms with Crippen molar-refractivity contribution >= 4 is 33.7 Å². The minimum Gasteiger partial charge on any atom is -0.494 e. The zero-order valence-electron chi connectivity index (χ0n) is 18.4. The van der Waals surface area contributed by atoms with Crippen LogP contribution in [-0.2, 0) is 11.3 Å². The van der Waals surface area contributed by atoms with Gasteiger partial charge in [0.15, 0.2) is 0 Å². The minimum atomic E-state index is -0.628. The molecule has 1 amide bonds. The van der Waals surface area contributed by atoms with Crippen LogP contribution in [0.3, 0.4) is 0 Å². The number of furan rings is 1. The molecule has 3 aromatic carbocycles. The molecular formula is C26H21N3O5. The Hall–Kier alpha value is -4.59. The SMILES string of the molecule is CCOc1ccc(NC(=O)Cn2c(=O)n(-c3ccccc3)c(=O)c3oc4ccccc4c32)cc1. The lowest BCUT2D eigenvalue weighted by Gasteiger charge is -2.12. The van der Waals surface area contributed by atoms with E-state index in [0.717, 1.165) is 4.57 Å². The van der Waals surface area contributed by atoms with E-state index in [1.165, 1.54) is 4.57 Å². The molecule has 0 radical (unpaired) electrons. The number of carbonyl (C=O) groups is 1. The quantitative estimate of drug-likeness (QED) is 0.419. The van der Waals surface area contributed by atoms with Crippen LogP contribution in [0.15, 0.2) is 92.9 Å². The standard InChI is InChI=1S/C26H21N3O5/c1-2-33-19-14-12-17(13-15-19)27-22(30)16-28-23-20-10-6-7-11-21(20)34-24(23)25(31)29(26(28)32)18-8-4-3-5-9-18/h3-15H,2,16H2,1H3,(H,27,30). The van der Waals surface area contributed by atoms with Gasteiger partial charge in [-0.15, -0.1) is 0 Å². The predicted molar refractivity (Wildman–Crippen MR) is 130 cm³/mol. The number of aromatic nitrogens is 2. The second-order valence-electron chi connectivity index (χ2n) is 7.63. The van der Waals surface area contributed by atoms with Gasteiger partial charge in [0.25, 0.3) is 0 Å². The Labute approximate surface area is 193 Å². The fraction of sp³-hybridized carbons (Fsp3) is 0.115. The molecule has 0 spiro atoms. The first kappa shape index (κ1) is 21.3. The fourth-order valence-electron chi connectivity index (χ4n) is 3.95. The Morgan fingerprint density at radius 1 is 0.941 bits per heavy atom. The Morgan fingerprint density at radius 2 is 1.65 bits per heavy atom. The number of amides is 1. The average molecular weight is 455 g/mol. The normalized spacial score (nSPS) is 11.1. The number of hydrogen-bond donors (Lipinski definition) is 1. The summed E-state index contributed by atoms with van der Waals surface area (Å²) in [6, 6.07) is 22.5. The van der Waals surface area contributed by atoms with Crippen LogP contribution < -0.4 is 21.3 Å². The van der Waals surface area contributed by atoms with Gasteiger partial charge in [-0.05, 0) is 55.5 Å². The molecule has 170 valence electrons. The largest absolute Gasteiger partial charge is 0.494 e. The maximum Gasteiger partial charge on any atom is 0.336 e. The first-order valence-corrected chi connectivity index (χ1v) is 10.8. The van der Waals surface area contributed by atoms with Crippen molar-refractivity contribution in [3.63, 3.8) is 0 Å². The van der Waals surface area contributed by atoms with E-state index in [-0.39, 0.29) is 12.1 Å². The molecule has 0 aliphatic heterocycles. The summed E-state index contributed by atoms with van der Waals surface area (Å²) in [4.78, 5) is 39.8. The molecule has 1 N–H and O–H groups in total. The van der Waals surface area contributed by atoms with Gasteiger partial charge in [0.1, 0.15) is 23.4 Å². The molecule has 5 aromatic rings. The minimum absolute atomic E-state index is 0.0125. The lowest BCUT2D eigenvalue weighted by atomic mass is 10.2. The predicted octanol–water partition coefficient (Wildman–Crippen LogP) is 3.94. The lowest BCUT2D eigenvalue weighted by Crippen LogP contribution is -2.40. The monoisotopic (exact) mass is 455 g/mol. The lowest BCUT2D eigenvalue weighted by molar-refractivity contribution is -0.116. The molecule has 0 saturated heterocycles. The molecule has 8 heteroatoms. The summed E-state index contributed by atoms with van der Waals surface area (Å²) in [5.41, 5.74) is 0.507. The molecule has 0 fully saturated rings. The first-order chi connectivity index (χ1) is 16.6. The number of para-hydroxylation sites is 2. The zero-order valence-corrected chi connectivity index (χ0v) is 18.4. The maximum atomic E-state index is 13.5. The second kappa shape index (κ2) is 8.74. The Morgan fingerprint density at radius 3 is 2.38 bits per heavy atom. The molecule has 8 nitrogen and oxygen atoms in total. The van der Waals surface area contributed by atoms with Gasteiger partial charge < -0.3 is 14.5 Å². The summed E-state index contributed by atoms with van der Waals surface area (Å²) in [5, 5.41) is 3.38. The molecule has 0 bridgehead atoms. The number of hydrogen-bond acceptors (Lipinski definition) is 5. The molecule has 5 rings (SSSR count). The van der Waals surface area contributed by atoms with Gasteiger partial charge in [-0.25, -0.2) is 9.36 Å². The summed E-state index contributed by atoms with van der Waals surface area (Å²) in [5.74, 6) is 0.273. The van der Waals surface area contributed by atoms with E-state index in [1.807, 2.05) is 6.92 Å². The first-order valence-electron chi connectivity index (χ1n) is 10.8. The second-order valence-corrected chi connectivity index (χ2v) is 7.63. The number of ether oxygens (including phenoxy) is 1. The third-order valence-corrected chi connectivity index (χ3v) is 5.42. The van der Waals surface area contributed by atoms with Crippen molar-refractivity contribution < 1.29 is 13.9 Å². The van der Waals surface area contributed by atoms with Crippen molar-refractivity contribution in [1.29, 1.82) is 0 Å². The van der Waals surface area contributed by atoms with Crippen molar-refractivity contribution in [2.24, 2.45) is 0 Å². The summed E-state index contributed by atoms with van der Waals surface area (Å²) >= 11 is 0. The molecule has 2 aromatic heterocycles. The number of fused-ring (bicyclic) bond motifs is 3. The molecule has 0 aliphatic rings. The number of nitrogens with zero attached hydrogens (tertiary/aromatic N) is 2. The van der Waals surface area contributed by atoms with Gasteiger partial charge in [0, 0.05) is 11.1 Å². The molecule has 2 heterocycles. The smallest absolute Gasteiger partial charge is 0.336 e. The summed E-state index contributed by atoms with van der Waals surface area (Å²) < 4.78 is 13.6. The highest BCUT2D eigenvalue weighted by molar-refractivity contribution is 6.03. The van der Waals surface area contributed by atoms with Gasteiger partial charge in [-0.2, -0.15) is 0 Å². The maximum absolute atomic E-state index is 13.5. The molecule has 0 unspecified atom stereocenters.